The lowest BCUT2D eigenvalue weighted by Crippen LogP contribution is -2.35. The minimum Gasteiger partial charge on any atom is -0.497 e. The summed E-state index contributed by atoms with van der Waals surface area (Å²) < 4.78 is 16.9. The topological polar surface area (TPSA) is 73.9 Å². The molecule has 1 saturated carbocycles. The van der Waals surface area contributed by atoms with Crippen LogP contribution in [-0.4, -0.2) is 32.1 Å². The van der Waals surface area contributed by atoms with E-state index in [1.165, 1.54) is 0 Å². The summed E-state index contributed by atoms with van der Waals surface area (Å²) in [6, 6.07) is 5.49. The number of ether oxygens (including phenoxy) is 3. The molecule has 0 aromatic heterocycles. The van der Waals surface area contributed by atoms with Gasteiger partial charge < -0.3 is 19.5 Å². The molecule has 0 radical (unpaired) electrons. The zero-order valence-corrected chi connectivity index (χ0v) is 17.9. The number of ketones is 1. The largest absolute Gasteiger partial charge is 0.497 e. The predicted molar refractivity (Wildman–Crippen MR) is 112 cm³/mol. The maximum Gasteiger partial charge on any atom is 0.337 e. The highest BCUT2D eigenvalue weighted by Gasteiger charge is 2.41. The van der Waals surface area contributed by atoms with Gasteiger partial charge in [-0.1, -0.05) is 0 Å². The van der Waals surface area contributed by atoms with Crippen LogP contribution in [0.1, 0.15) is 63.4 Å². The van der Waals surface area contributed by atoms with E-state index in [0.29, 0.717) is 29.1 Å². The van der Waals surface area contributed by atoms with Gasteiger partial charge in [-0.05, 0) is 63.6 Å². The van der Waals surface area contributed by atoms with Crippen LogP contribution < -0.4 is 14.8 Å². The van der Waals surface area contributed by atoms with E-state index < -0.39 is 5.92 Å². The van der Waals surface area contributed by atoms with E-state index in [2.05, 4.69) is 5.32 Å². The number of Topliss-reactive ketones (excluding diaryl/α,β-unsaturated/α-hetero) is 1. The fraction of sp³-hybridized carbons (Fsp3) is 0.500. The Balaban J connectivity index is 1.84. The van der Waals surface area contributed by atoms with Crippen molar-refractivity contribution in [2.45, 2.75) is 63.9 Å². The summed E-state index contributed by atoms with van der Waals surface area (Å²) in [4.78, 5) is 26.4. The molecule has 0 unspecified atom stereocenters. The van der Waals surface area contributed by atoms with Gasteiger partial charge in [-0.3, -0.25) is 4.79 Å². The van der Waals surface area contributed by atoms with Crippen molar-refractivity contribution in [3.05, 3.63) is 46.3 Å². The van der Waals surface area contributed by atoms with E-state index in [9.17, 15) is 9.59 Å². The normalized spacial score (nSPS) is 22.0. The molecule has 0 bridgehead atoms. The van der Waals surface area contributed by atoms with Crippen molar-refractivity contribution >= 4 is 11.8 Å². The molecule has 1 heterocycles. The second-order valence-corrected chi connectivity index (χ2v) is 8.19. The minimum atomic E-state index is -0.534. The van der Waals surface area contributed by atoms with E-state index in [1.54, 1.807) is 14.2 Å². The van der Waals surface area contributed by atoms with Crippen LogP contribution in [0.5, 0.6) is 11.5 Å². The lowest BCUT2D eigenvalue weighted by atomic mass is 9.75. The second-order valence-electron chi connectivity index (χ2n) is 8.19. The van der Waals surface area contributed by atoms with E-state index in [-0.39, 0.29) is 17.9 Å². The molecule has 0 spiro atoms. The van der Waals surface area contributed by atoms with Gasteiger partial charge >= 0.3 is 5.97 Å². The SMILES string of the molecule is COc1ccc(OC)c([C@@H]2C(C(=O)OC3CCCC3)=C(C)NC3=C2C(=O)CCC3)c1. The van der Waals surface area contributed by atoms with Crippen molar-refractivity contribution < 1.29 is 23.8 Å². The standard InChI is InChI=1S/C24H29NO5/c1-14-21(24(27)30-15-7-4-5-8-15)22(23-18(25-14)9-6-10-19(23)26)17-13-16(28-2)11-12-20(17)29-3/h11-13,15,22,25H,4-10H2,1-3H3/t22-/m1/s1. The van der Waals surface area contributed by atoms with Gasteiger partial charge in [-0.2, -0.15) is 0 Å². The zero-order valence-electron chi connectivity index (χ0n) is 17.9. The van der Waals surface area contributed by atoms with Gasteiger partial charge in [0.15, 0.2) is 5.78 Å². The van der Waals surface area contributed by atoms with Gasteiger partial charge in [-0.15, -0.1) is 0 Å². The summed E-state index contributed by atoms with van der Waals surface area (Å²) in [5.41, 5.74) is 3.52. The molecule has 2 aliphatic carbocycles. The molecule has 6 nitrogen and oxygen atoms in total. The summed E-state index contributed by atoms with van der Waals surface area (Å²) in [6.45, 7) is 1.88. The average molecular weight is 411 g/mol. The quantitative estimate of drug-likeness (QED) is 0.734. The Morgan fingerprint density at radius 3 is 2.53 bits per heavy atom. The van der Waals surface area contributed by atoms with Crippen molar-refractivity contribution in [1.82, 2.24) is 5.32 Å². The third kappa shape index (κ3) is 3.71. The van der Waals surface area contributed by atoms with Crippen molar-refractivity contribution in [3.63, 3.8) is 0 Å². The Morgan fingerprint density at radius 2 is 1.83 bits per heavy atom. The maximum absolute atomic E-state index is 13.4. The van der Waals surface area contributed by atoms with E-state index in [0.717, 1.165) is 55.5 Å². The van der Waals surface area contributed by atoms with Crippen LogP contribution in [0.3, 0.4) is 0 Å². The molecule has 30 heavy (non-hydrogen) atoms. The number of carbonyl (C=O) groups is 2. The molecular formula is C24H29NO5. The number of esters is 1. The van der Waals surface area contributed by atoms with Crippen LogP contribution in [-0.2, 0) is 14.3 Å². The van der Waals surface area contributed by atoms with Gasteiger partial charge in [-0.25, -0.2) is 4.79 Å². The summed E-state index contributed by atoms with van der Waals surface area (Å²) in [5, 5.41) is 3.34. The number of nitrogens with one attached hydrogen (secondary N) is 1. The van der Waals surface area contributed by atoms with Gasteiger partial charge in [0, 0.05) is 29.0 Å². The van der Waals surface area contributed by atoms with E-state index in [4.69, 9.17) is 14.2 Å². The van der Waals surface area contributed by atoms with Crippen LogP contribution in [0.4, 0.5) is 0 Å². The molecule has 1 fully saturated rings. The number of benzene rings is 1. The molecule has 0 amide bonds. The second kappa shape index (κ2) is 8.54. The molecule has 1 aromatic rings. The number of dihydropyridines is 1. The van der Waals surface area contributed by atoms with Gasteiger partial charge in [0.2, 0.25) is 0 Å². The number of rotatable bonds is 5. The molecular weight excluding hydrogens is 382 g/mol. The first-order valence-electron chi connectivity index (χ1n) is 10.7. The molecule has 1 aliphatic heterocycles. The monoisotopic (exact) mass is 411 g/mol. The highest BCUT2D eigenvalue weighted by Crippen LogP contribution is 2.46. The fourth-order valence-corrected chi connectivity index (χ4v) is 4.85. The van der Waals surface area contributed by atoms with Crippen molar-refractivity contribution in [3.8, 4) is 11.5 Å². The number of carbonyl (C=O) groups excluding carboxylic acids is 2. The van der Waals surface area contributed by atoms with Crippen molar-refractivity contribution in [2.75, 3.05) is 14.2 Å². The van der Waals surface area contributed by atoms with Crippen LogP contribution >= 0.6 is 0 Å². The summed E-state index contributed by atoms with van der Waals surface area (Å²) in [7, 11) is 3.19. The molecule has 6 heteroatoms. The van der Waals surface area contributed by atoms with Crippen molar-refractivity contribution in [1.29, 1.82) is 0 Å². The molecule has 160 valence electrons. The van der Waals surface area contributed by atoms with E-state index >= 15 is 0 Å². The number of allylic oxidation sites excluding steroid dienone is 3. The Morgan fingerprint density at radius 1 is 1.07 bits per heavy atom. The highest BCUT2D eigenvalue weighted by molar-refractivity contribution is 6.04. The van der Waals surface area contributed by atoms with Gasteiger partial charge in [0.1, 0.15) is 17.6 Å². The van der Waals surface area contributed by atoms with Crippen LogP contribution in [0.2, 0.25) is 0 Å². The molecule has 1 atom stereocenters. The predicted octanol–water partition coefficient (Wildman–Crippen LogP) is 4.16. The first-order valence-corrected chi connectivity index (χ1v) is 10.7. The lowest BCUT2D eigenvalue weighted by molar-refractivity contribution is -0.144. The highest BCUT2D eigenvalue weighted by atomic mass is 16.5. The Hall–Kier alpha value is -2.76. The molecule has 1 aromatic carbocycles. The van der Waals surface area contributed by atoms with Crippen molar-refractivity contribution in [2.24, 2.45) is 0 Å². The Labute approximate surface area is 177 Å². The minimum absolute atomic E-state index is 0.0527. The Bertz CT molecular complexity index is 924. The third-order valence-electron chi connectivity index (χ3n) is 6.32. The average Bonchev–Trinajstić information content (AvgIpc) is 3.25. The third-order valence-corrected chi connectivity index (χ3v) is 6.32. The first kappa shape index (κ1) is 20.5. The van der Waals surface area contributed by atoms with Crippen LogP contribution in [0, 0.1) is 0 Å². The molecule has 4 rings (SSSR count). The number of hydrogen-bond donors (Lipinski definition) is 1. The molecule has 1 N–H and O–H groups in total. The maximum atomic E-state index is 13.4. The Kier molecular flexibility index (Phi) is 5.84. The van der Waals surface area contributed by atoms with Crippen LogP contribution in [0.25, 0.3) is 0 Å². The zero-order chi connectivity index (χ0) is 21.3. The van der Waals surface area contributed by atoms with Crippen LogP contribution in [0.15, 0.2) is 40.7 Å². The van der Waals surface area contributed by atoms with Gasteiger partial charge in [0.25, 0.3) is 0 Å². The summed E-state index contributed by atoms with van der Waals surface area (Å²) in [6.07, 6.45) is 5.96. The number of hydrogen-bond acceptors (Lipinski definition) is 6. The molecule has 0 saturated heterocycles. The summed E-state index contributed by atoms with van der Waals surface area (Å²) >= 11 is 0. The smallest absolute Gasteiger partial charge is 0.337 e. The fourth-order valence-electron chi connectivity index (χ4n) is 4.85. The van der Waals surface area contributed by atoms with Gasteiger partial charge in [0.05, 0.1) is 25.7 Å². The number of methoxy groups -OCH3 is 2. The molecule has 3 aliphatic rings. The summed E-state index contributed by atoms with van der Waals surface area (Å²) in [5.74, 6) is 0.444. The lowest BCUT2D eigenvalue weighted by Gasteiger charge is -2.35. The van der Waals surface area contributed by atoms with E-state index in [1.807, 2.05) is 25.1 Å². The first-order chi connectivity index (χ1) is 14.5.